The largest absolute Gasteiger partial charge is 0.376 e. The first-order valence-corrected chi connectivity index (χ1v) is 7.86. The molecular weight excluding hydrogens is 284 g/mol. The quantitative estimate of drug-likeness (QED) is 0.858. The maximum atomic E-state index is 5.62. The second kappa shape index (κ2) is 5.27. The Morgan fingerprint density at radius 2 is 2.29 bits per heavy atom. The molecule has 6 heteroatoms. The molecule has 3 heterocycles. The van der Waals surface area contributed by atoms with Crippen LogP contribution < -0.4 is 10.2 Å². The molecule has 1 atom stereocenters. The third kappa shape index (κ3) is 2.28. The van der Waals surface area contributed by atoms with Gasteiger partial charge >= 0.3 is 0 Å². The molecule has 0 bridgehead atoms. The molecule has 0 saturated carbocycles. The van der Waals surface area contributed by atoms with E-state index in [1.54, 1.807) is 0 Å². The minimum Gasteiger partial charge on any atom is -0.376 e. The molecule has 110 valence electrons. The Labute approximate surface area is 128 Å². The van der Waals surface area contributed by atoms with Crippen LogP contribution in [0.4, 0.5) is 5.95 Å². The van der Waals surface area contributed by atoms with Crippen molar-refractivity contribution in [1.82, 2.24) is 14.9 Å². The SMILES string of the molecule is S=C(NCC1CCCO1)N1CCn2c1nc1ccccc12. The predicted octanol–water partition coefficient (Wildman–Crippen LogP) is 1.91. The van der Waals surface area contributed by atoms with Gasteiger partial charge in [0.15, 0.2) is 5.11 Å². The fourth-order valence-electron chi connectivity index (χ4n) is 3.08. The van der Waals surface area contributed by atoms with Crippen molar-refractivity contribution in [3.8, 4) is 0 Å². The van der Waals surface area contributed by atoms with Crippen LogP contribution in [0.25, 0.3) is 11.0 Å². The third-order valence-corrected chi connectivity index (χ3v) is 4.54. The minimum atomic E-state index is 0.296. The summed E-state index contributed by atoms with van der Waals surface area (Å²) in [7, 11) is 0. The van der Waals surface area contributed by atoms with Crippen molar-refractivity contribution in [2.24, 2.45) is 0 Å². The number of nitrogens with zero attached hydrogens (tertiary/aromatic N) is 3. The number of thiocarbonyl (C=S) groups is 1. The number of aromatic nitrogens is 2. The van der Waals surface area contributed by atoms with Crippen LogP contribution in [0, 0.1) is 0 Å². The molecule has 2 aliphatic heterocycles. The summed E-state index contributed by atoms with van der Waals surface area (Å²) in [5.74, 6) is 0.945. The van der Waals surface area contributed by atoms with E-state index in [0.29, 0.717) is 6.10 Å². The summed E-state index contributed by atoms with van der Waals surface area (Å²) < 4.78 is 7.85. The van der Waals surface area contributed by atoms with Gasteiger partial charge in [-0.1, -0.05) is 12.1 Å². The van der Waals surface area contributed by atoms with Crippen LogP contribution in [-0.2, 0) is 11.3 Å². The standard InChI is InChI=1S/C15H18N4OS/c21-15(16-10-11-4-3-9-20-11)19-8-7-18-13-6-2-1-5-12(13)17-14(18)19/h1-2,5-6,11H,3-4,7-10H2,(H,16,21). The number of hydrogen-bond acceptors (Lipinski definition) is 3. The number of ether oxygens (including phenoxy) is 1. The fourth-order valence-corrected chi connectivity index (χ4v) is 3.34. The summed E-state index contributed by atoms with van der Waals surface area (Å²) in [4.78, 5) is 6.79. The van der Waals surface area contributed by atoms with Crippen LogP contribution in [0.1, 0.15) is 12.8 Å². The predicted molar refractivity (Wildman–Crippen MR) is 86.7 cm³/mol. The highest BCUT2D eigenvalue weighted by Crippen LogP contribution is 2.27. The van der Waals surface area contributed by atoms with Gasteiger partial charge in [0.2, 0.25) is 5.95 Å². The van der Waals surface area contributed by atoms with Gasteiger partial charge in [0, 0.05) is 26.2 Å². The van der Waals surface area contributed by atoms with Crippen LogP contribution in [0.2, 0.25) is 0 Å². The first-order chi connectivity index (χ1) is 10.3. The van der Waals surface area contributed by atoms with Crippen molar-refractivity contribution >= 4 is 34.3 Å². The number of fused-ring (bicyclic) bond motifs is 3. The number of imidazole rings is 1. The van der Waals surface area contributed by atoms with Gasteiger partial charge in [-0.3, -0.25) is 4.90 Å². The zero-order valence-electron chi connectivity index (χ0n) is 11.8. The van der Waals surface area contributed by atoms with Crippen molar-refractivity contribution in [2.45, 2.75) is 25.5 Å². The van der Waals surface area contributed by atoms with Crippen LogP contribution in [-0.4, -0.2) is 40.5 Å². The summed E-state index contributed by atoms with van der Waals surface area (Å²) in [5, 5.41) is 4.08. The van der Waals surface area contributed by atoms with E-state index in [4.69, 9.17) is 21.9 Å². The Bertz CT molecular complexity index is 677. The van der Waals surface area contributed by atoms with Gasteiger partial charge in [0.05, 0.1) is 17.1 Å². The summed E-state index contributed by atoms with van der Waals surface area (Å²) in [6.45, 7) is 3.47. The molecule has 1 fully saturated rings. The minimum absolute atomic E-state index is 0.296. The number of nitrogens with one attached hydrogen (secondary N) is 1. The first kappa shape index (κ1) is 13.0. The molecule has 2 aliphatic rings. The van der Waals surface area contributed by atoms with Gasteiger partial charge < -0.3 is 14.6 Å². The molecule has 0 spiro atoms. The lowest BCUT2D eigenvalue weighted by atomic mass is 10.2. The average Bonchev–Trinajstić information content (AvgIpc) is 3.20. The summed E-state index contributed by atoms with van der Waals surface area (Å²) in [6.07, 6.45) is 2.57. The van der Waals surface area contributed by atoms with Crippen molar-refractivity contribution in [3.05, 3.63) is 24.3 Å². The normalized spacial score (nSPS) is 21.0. The Hall–Kier alpha value is -1.66. The fraction of sp³-hybridized carbons (Fsp3) is 0.467. The maximum Gasteiger partial charge on any atom is 0.213 e. The number of rotatable bonds is 2. The van der Waals surface area contributed by atoms with Crippen LogP contribution in [0.15, 0.2) is 24.3 Å². The van der Waals surface area contributed by atoms with Gasteiger partial charge in [0.1, 0.15) is 0 Å². The molecule has 1 aromatic carbocycles. The van der Waals surface area contributed by atoms with Gasteiger partial charge in [-0.05, 0) is 37.2 Å². The first-order valence-electron chi connectivity index (χ1n) is 7.45. The molecule has 0 aliphatic carbocycles. The van der Waals surface area contributed by atoms with E-state index in [9.17, 15) is 0 Å². The lowest BCUT2D eigenvalue weighted by molar-refractivity contribution is 0.114. The lowest BCUT2D eigenvalue weighted by Crippen LogP contribution is -2.42. The summed E-state index contributed by atoms with van der Waals surface area (Å²) in [6, 6.07) is 8.22. The second-order valence-electron chi connectivity index (χ2n) is 5.52. The van der Waals surface area contributed by atoms with Gasteiger partial charge in [-0.2, -0.15) is 0 Å². The summed E-state index contributed by atoms with van der Waals surface area (Å²) in [5.41, 5.74) is 2.20. The molecule has 1 N–H and O–H groups in total. The van der Waals surface area contributed by atoms with Gasteiger partial charge in [-0.15, -0.1) is 0 Å². The van der Waals surface area contributed by atoms with Crippen molar-refractivity contribution in [2.75, 3.05) is 24.6 Å². The molecule has 2 aromatic rings. The van der Waals surface area contributed by atoms with Gasteiger partial charge in [0.25, 0.3) is 0 Å². The average molecular weight is 302 g/mol. The Kier molecular flexibility index (Phi) is 3.27. The second-order valence-corrected chi connectivity index (χ2v) is 5.91. The third-order valence-electron chi connectivity index (χ3n) is 4.17. The zero-order valence-corrected chi connectivity index (χ0v) is 12.6. The smallest absolute Gasteiger partial charge is 0.213 e. The van der Waals surface area contributed by atoms with E-state index in [-0.39, 0.29) is 0 Å². The monoisotopic (exact) mass is 302 g/mol. The van der Waals surface area contributed by atoms with E-state index in [0.717, 1.165) is 55.7 Å². The molecule has 0 amide bonds. The van der Waals surface area contributed by atoms with Crippen LogP contribution in [0.3, 0.4) is 0 Å². The van der Waals surface area contributed by atoms with E-state index in [2.05, 4.69) is 20.9 Å². The number of benzene rings is 1. The van der Waals surface area contributed by atoms with E-state index in [1.807, 2.05) is 18.2 Å². The Morgan fingerprint density at radius 1 is 1.38 bits per heavy atom. The molecule has 5 nitrogen and oxygen atoms in total. The molecule has 0 radical (unpaired) electrons. The Balaban J connectivity index is 1.51. The van der Waals surface area contributed by atoms with Crippen LogP contribution in [0.5, 0.6) is 0 Å². The van der Waals surface area contributed by atoms with Crippen molar-refractivity contribution in [1.29, 1.82) is 0 Å². The highest BCUT2D eigenvalue weighted by molar-refractivity contribution is 7.80. The van der Waals surface area contributed by atoms with Crippen molar-refractivity contribution in [3.63, 3.8) is 0 Å². The number of anilines is 1. The summed E-state index contributed by atoms with van der Waals surface area (Å²) >= 11 is 5.54. The molecule has 1 saturated heterocycles. The topological polar surface area (TPSA) is 42.3 Å². The number of hydrogen-bond donors (Lipinski definition) is 1. The lowest BCUT2D eigenvalue weighted by Gasteiger charge is -2.20. The molecule has 1 unspecified atom stereocenters. The molecular formula is C15H18N4OS. The highest BCUT2D eigenvalue weighted by Gasteiger charge is 2.26. The molecule has 4 rings (SSSR count). The maximum absolute atomic E-state index is 5.62. The van der Waals surface area contributed by atoms with Gasteiger partial charge in [-0.25, -0.2) is 4.98 Å². The number of para-hydroxylation sites is 2. The Morgan fingerprint density at radius 3 is 3.14 bits per heavy atom. The van der Waals surface area contributed by atoms with Crippen LogP contribution >= 0.6 is 12.2 Å². The molecule has 21 heavy (non-hydrogen) atoms. The van der Waals surface area contributed by atoms with E-state index in [1.165, 1.54) is 5.52 Å². The van der Waals surface area contributed by atoms with E-state index >= 15 is 0 Å². The highest BCUT2D eigenvalue weighted by atomic mass is 32.1. The molecule has 1 aromatic heterocycles. The zero-order chi connectivity index (χ0) is 14.2. The van der Waals surface area contributed by atoms with E-state index < -0.39 is 0 Å². The van der Waals surface area contributed by atoms with Crippen molar-refractivity contribution < 1.29 is 4.74 Å².